The normalized spacial score (nSPS) is 16.1. The molecule has 4 aromatic rings. The Morgan fingerprint density at radius 1 is 1.14 bits per heavy atom. The van der Waals surface area contributed by atoms with E-state index in [1.165, 1.54) is 0 Å². The van der Waals surface area contributed by atoms with E-state index < -0.39 is 0 Å². The third kappa shape index (κ3) is 3.09. The molecule has 5 heterocycles. The lowest BCUT2D eigenvalue weighted by Gasteiger charge is -2.28. The summed E-state index contributed by atoms with van der Waals surface area (Å²) in [7, 11) is 4.01. The standard InChI is InChI=1S/C17H21N11/c1-25-6-3-13(4-7-25)27-11-12(9-19-27)20-17-18-10-14-16(21-17)28(24-22-14)15-5-8-26(2)23-15/h5,8-11,13H,3-4,6-7H2,1-2H3,(H,18,20,21). The van der Waals surface area contributed by atoms with E-state index in [1.54, 1.807) is 21.8 Å². The lowest BCUT2D eigenvalue weighted by Crippen LogP contribution is -2.31. The predicted octanol–water partition coefficient (Wildman–Crippen LogP) is 1.15. The molecule has 0 radical (unpaired) electrons. The van der Waals surface area contributed by atoms with Crippen molar-refractivity contribution in [3.8, 4) is 5.82 Å². The number of hydrogen-bond acceptors (Lipinski definition) is 8. The van der Waals surface area contributed by atoms with Gasteiger partial charge in [0, 0.05) is 25.5 Å². The van der Waals surface area contributed by atoms with Gasteiger partial charge in [-0.1, -0.05) is 5.21 Å². The van der Waals surface area contributed by atoms with Gasteiger partial charge in [0.05, 0.1) is 24.1 Å². The molecule has 1 aliphatic heterocycles. The van der Waals surface area contributed by atoms with Crippen LogP contribution in [-0.2, 0) is 7.05 Å². The third-order valence-electron chi connectivity index (χ3n) is 5.03. The van der Waals surface area contributed by atoms with E-state index in [-0.39, 0.29) is 0 Å². The molecule has 0 saturated carbocycles. The molecule has 0 bridgehead atoms. The molecular formula is C17H21N11. The Hall–Kier alpha value is -3.34. The lowest BCUT2D eigenvalue weighted by atomic mass is 10.1. The number of fused-ring (bicyclic) bond motifs is 1. The van der Waals surface area contributed by atoms with Gasteiger partial charge >= 0.3 is 0 Å². The van der Waals surface area contributed by atoms with E-state index in [2.05, 4.69) is 47.7 Å². The zero-order valence-electron chi connectivity index (χ0n) is 15.8. The maximum atomic E-state index is 4.57. The van der Waals surface area contributed by atoms with Gasteiger partial charge < -0.3 is 10.2 Å². The van der Waals surface area contributed by atoms with Gasteiger partial charge in [-0.15, -0.1) is 5.10 Å². The minimum Gasteiger partial charge on any atom is -0.321 e. The highest BCUT2D eigenvalue weighted by atomic mass is 15.5. The van der Waals surface area contributed by atoms with E-state index in [1.807, 2.05) is 30.2 Å². The summed E-state index contributed by atoms with van der Waals surface area (Å²) in [5.74, 6) is 1.12. The number of likely N-dealkylation sites (tertiary alicyclic amines) is 1. The van der Waals surface area contributed by atoms with Gasteiger partial charge in [0.25, 0.3) is 0 Å². The summed E-state index contributed by atoms with van der Waals surface area (Å²) in [4.78, 5) is 11.3. The predicted molar refractivity (Wildman–Crippen MR) is 102 cm³/mol. The van der Waals surface area contributed by atoms with Crippen molar-refractivity contribution in [2.45, 2.75) is 18.9 Å². The number of rotatable bonds is 4. The van der Waals surface area contributed by atoms with E-state index in [4.69, 9.17) is 0 Å². The highest BCUT2D eigenvalue weighted by Gasteiger charge is 2.19. The summed E-state index contributed by atoms with van der Waals surface area (Å²) >= 11 is 0. The molecule has 1 fully saturated rings. The van der Waals surface area contributed by atoms with Crippen LogP contribution in [0.2, 0.25) is 0 Å². The molecule has 1 N–H and O–H groups in total. The molecule has 0 amide bonds. The van der Waals surface area contributed by atoms with Crippen LogP contribution in [0.5, 0.6) is 0 Å². The molecule has 1 aliphatic rings. The summed E-state index contributed by atoms with van der Waals surface area (Å²) < 4.78 is 5.35. The molecule has 11 nitrogen and oxygen atoms in total. The van der Waals surface area contributed by atoms with Crippen molar-refractivity contribution in [3.63, 3.8) is 0 Å². The minimum atomic E-state index is 0.435. The fourth-order valence-corrected chi connectivity index (χ4v) is 3.45. The highest BCUT2D eigenvalue weighted by molar-refractivity contribution is 5.72. The molecule has 0 aromatic carbocycles. The maximum Gasteiger partial charge on any atom is 0.229 e. The second-order valence-corrected chi connectivity index (χ2v) is 7.12. The van der Waals surface area contributed by atoms with Crippen LogP contribution in [-0.4, -0.2) is 69.6 Å². The molecule has 1 saturated heterocycles. The smallest absolute Gasteiger partial charge is 0.229 e. The van der Waals surface area contributed by atoms with Gasteiger partial charge in [0.15, 0.2) is 17.0 Å². The van der Waals surface area contributed by atoms with Crippen molar-refractivity contribution in [1.82, 2.24) is 49.4 Å². The average Bonchev–Trinajstić information content (AvgIpc) is 3.42. The largest absolute Gasteiger partial charge is 0.321 e. The Bertz CT molecular complexity index is 1100. The molecule has 0 spiro atoms. The zero-order valence-corrected chi connectivity index (χ0v) is 15.8. The van der Waals surface area contributed by atoms with Crippen molar-refractivity contribution in [2.24, 2.45) is 7.05 Å². The first-order valence-electron chi connectivity index (χ1n) is 9.24. The number of aryl methyl sites for hydroxylation is 1. The van der Waals surface area contributed by atoms with Crippen molar-refractivity contribution in [2.75, 3.05) is 25.5 Å². The summed E-state index contributed by atoms with van der Waals surface area (Å²) in [5.41, 5.74) is 2.06. The van der Waals surface area contributed by atoms with Crippen molar-refractivity contribution in [3.05, 3.63) is 30.9 Å². The van der Waals surface area contributed by atoms with Crippen molar-refractivity contribution >= 4 is 22.8 Å². The van der Waals surface area contributed by atoms with E-state index in [0.717, 1.165) is 31.6 Å². The van der Waals surface area contributed by atoms with E-state index >= 15 is 0 Å². The Kier molecular flexibility index (Phi) is 4.01. The molecular weight excluding hydrogens is 358 g/mol. The third-order valence-corrected chi connectivity index (χ3v) is 5.03. The van der Waals surface area contributed by atoms with E-state index in [0.29, 0.717) is 29.0 Å². The SMILES string of the molecule is CN1CCC(n2cc(Nc3ncc4nnn(-c5ccn(C)n5)c4n3)cn2)CC1. The molecule has 5 rings (SSSR count). The van der Waals surface area contributed by atoms with Crippen LogP contribution in [0.1, 0.15) is 18.9 Å². The Morgan fingerprint density at radius 2 is 2.00 bits per heavy atom. The molecule has 4 aromatic heterocycles. The maximum absolute atomic E-state index is 4.57. The van der Waals surface area contributed by atoms with Gasteiger partial charge in [-0.05, 0) is 33.0 Å². The monoisotopic (exact) mass is 379 g/mol. The highest BCUT2D eigenvalue weighted by Crippen LogP contribution is 2.23. The van der Waals surface area contributed by atoms with Crippen LogP contribution >= 0.6 is 0 Å². The van der Waals surface area contributed by atoms with Crippen molar-refractivity contribution < 1.29 is 0 Å². The molecule has 0 atom stereocenters. The van der Waals surface area contributed by atoms with Crippen LogP contribution in [0.15, 0.2) is 30.9 Å². The van der Waals surface area contributed by atoms with Gasteiger partial charge in [0.2, 0.25) is 5.95 Å². The second kappa shape index (κ2) is 6.68. The molecule has 0 unspecified atom stereocenters. The van der Waals surface area contributed by atoms with Gasteiger partial charge in [-0.2, -0.15) is 19.9 Å². The number of aromatic nitrogens is 9. The van der Waals surface area contributed by atoms with Crippen molar-refractivity contribution in [1.29, 1.82) is 0 Å². The lowest BCUT2D eigenvalue weighted by molar-refractivity contribution is 0.212. The summed E-state index contributed by atoms with van der Waals surface area (Å²) in [5, 5.41) is 20.4. The van der Waals surface area contributed by atoms with Crippen LogP contribution in [0.3, 0.4) is 0 Å². The zero-order chi connectivity index (χ0) is 19.1. The molecule has 28 heavy (non-hydrogen) atoms. The second-order valence-electron chi connectivity index (χ2n) is 7.12. The molecule has 11 heteroatoms. The van der Waals surface area contributed by atoms with Gasteiger partial charge in [-0.25, -0.2) is 4.98 Å². The fraction of sp³-hybridized carbons (Fsp3) is 0.412. The quantitative estimate of drug-likeness (QED) is 0.563. The first-order chi connectivity index (χ1) is 13.7. The summed E-state index contributed by atoms with van der Waals surface area (Å²) in [6.45, 7) is 2.19. The summed E-state index contributed by atoms with van der Waals surface area (Å²) in [6.07, 6.45) is 9.53. The topological polar surface area (TPSA) is 107 Å². The number of nitrogens with zero attached hydrogens (tertiary/aromatic N) is 10. The number of nitrogens with one attached hydrogen (secondary N) is 1. The minimum absolute atomic E-state index is 0.435. The average molecular weight is 379 g/mol. The van der Waals surface area contributed by atoms with E-state index in [9.17, 15) is 0 Å². The fourth-order valence-electron chi connectivity index (χ4n) is 3.45. The first-order valence-corrected chi connectivity index (χ1v) is 9.24. The number of anilines is 2. The van der Waals surface area contributed by atoms with Gasteiger partial charge in [-0.3, -0.25) is 9.36 Å². The van der Waals surface area contributed by atoms with Gasteiger partial charge in [0.1, 0.15) is 0 Å². The van der Waals surface area contributed by atoms with Crippen LogP contribution < -0.4 is 5.32 Å². The van der Waals surface area contributed by atoms with Crippen LogP contribution in [0.25, 0.3) is 17.0 Å². The first kappa shape index (κ1) is 16.8. The molecule has 0 aliphatic carbocycles. The van der Waals surface area contributed by atoms with Crippen LogP contribution in [0.4, 0.5) is 11.6 Å². The number of hydrogen-bond donors (Lipinski definition) is 1. The Labute approximate surface area is 161 Å². The number of piperidine rings is 1. The van der Waals surface area contributed by atoms with Crippen LogP contribution in [0, 0.1) is 0 Å². The Balaban J connectivity index is 1.38. The molecule has 144 valence electrons. The Morgan fingerprint density at radius 3 is 2.79 bits per heavy atom. The summed E-state index contributed by atoms with van der Waals surface area (Å²) in [6, 6.07) is 2.29.